The van der Waals surface area contributed by atoms with Crippen LogP contribution in [0.3, 0.4) is 0 Å². The van der Waals surface area contributed by atoms with E-state index in [2.05, 4.69) is 0 Å². The van der Waals surface area contributed by atoms with Crippen molar-refractivity contribution >= 4 is 5.91 Å². The van der Waals surface area contributed by atoms with Gasteiger partial charge < -0.3 is 5.11 Å². The van der Waals surface area contributed by atoms with E-state index in [4.69, 9.17) is 5.11 Å². The maximum atomic E-state index is 10.7. The molecule has 1 rings (SSSR count). The molecule has 0 aromatic carbocycles. The van der Waals surface area contributed by atoms with Crippen molar-refractivity contribution in [3.8, 4) is 5.88 Å². The van der Waals surface area contributed by atoms with Gasteiger partial charge in [0.05, 0.1) is 12.3 Å². The average molecular weight is 141 g/mol. The van der Waals surface area contributed by atoms with Crippen molar-refractivity contribution < 1.29 is 14.6 Å². The second kappa shape index (κ2) is 2.13. The maximum absolute atomic E-state index is 10.7. The Morgan fingerprint density at radius 1 is 1.80 bits per heavy atom. The molecule has 1 heterocycles. The smallest absolute Gasteiger partial charge is 0.391 e. The Bertz CT molecular complexity index is 265. The van der Waals surface area contributed by atoms with Crippen LogP contribution in [0.2, 0.25) is 0 Å². The van der Waals surface area contributed by atoms with Gasteiger partial charge in [0.2, 0.25) is 0 Å². The predicted octanol–water partition coefficient (Wildman–Crippen LogP) is -0.322. The van der Waals surface area contributed by atoms with Crippen molar-refractivity contribution in [2.45, 2.75) is 6.92 Å². The number of aromatic nitrogens is 2. The third kappa shape index (κ3) is 0.877. The Kier molecular flexibility index (Phi) is 1.45. The first-order valence-corrected chi connectivity index (χ1v) is 2.90. The SMILES string of the molecule is CC(=O)n1ccc(O)[n+]1C. The van der Waals surface area contributed by atoms with Crippen molar-refractivity contribution in [1.82, 2.24) is 4.68 Å². The molecule has 0 saturated heterocycles. The second-order valence-electron chi connectivity index (χ2n) is 2.06. The van der Waals surface area contributed by atoms with Crippen molar-refractivity contribution in [3.63, 3.8) is 0 Å². The summed E-state index contributed by atoms with van der Waals surface area (Å²) in [5.41, 5.74) is 0. The number of carbonyl (C=O) groups is 1. The Labute approximate surface area is 58.3 Å². The van der Waals surface area contributed by atoms with Crippen LogP contribution in [0.4, 0.5) is 0 Å². The molecule has 0 fully saturated rings. The lowest BCUT2D eigenvalue weighted by Crippen LogP contribution is -2.40. The van der Waals surface area contributed by atoms with Gasteiger partial charge in [-0.2, -0.15) is 0 Å². The number of nitrogens with zero attached hydrogens (tertiary/aromatic N) is 2. The first kappa shape index (κ1) is 6.80. The van der Waals surface area contributed by atoms with Crippen molar-refractivity contribution in [1.29, 1.82) is 0 Å². The summed E-state index contributed by atoms with van der Waals surface area (Å²) in [5, 5.41) is 8.98. The quantitative estimate of drug-likeness (QED) is 0.503. The van der Waals surface area contributed by atoms with Crippen LogP contribution in [0.1, 0.15) is 11.7 Å². The van der Waals surface area contributed by atoms with E-state index in [0.717, 1.165) is 0 Å². The van der Waals surface area contributed by atoms with Crippen LogP contribution < -0.4 is 4.68 Å². The summed E-state index contributed by atoms with van der Waals surface area (Å²) >= 11 is 0. The molecule has 0 aliphatic heterocycles. The highest BCUT2D eigenvalue weighted by molar-refractivity contribution is 5.74. The summed E-state index contributed by atoms with van der Waals surface area (Å²) in [6, 6.07) is 1.46. The van der Waals surface area contributed by atoms with E-state index in [1.165, 1.54) is 28.6 Å². The lowest BCUT2D eigenvalue weighted by Gasteiger charge is -1.89. The monoisotopic (exact) mass is 141 g/mol. The molecule has 0 spiro atoms. The van der Waals surface area contributed by atoms with E-state index in [-0.39, 0.29) is 11.8 Å². The minimum Gasteiger partial charge on any atom is -0.458 e. The van der Waals surface area contributed by atoms with Crippen LogP contribution >= 0.6 is 0 Å². The molecule has 0 unspecified atom stereocenters. The van der Waals surface area contributed by atoms with Gasteiger partial charge in [-0.3, -0.25) is 4.79 Å². The largest absolute Gasteiger partial charge is 0.458 e. The minimum atomic E-state index is -0.122. The van der Waals surface area contributed by atoms with E-state index in [1.807, 2.05) is 0 Å². The van der Waals surface area contributed by atoms with Crippen molar-refractivity contribution in [2.24, 2.45) is 7.05 Å². The molecule has 1 aromatic heterocycles. The molecule has 0 aliphatic carbocycles. The van der Waals surface area contributed by atoms with Crippen LogP contribution in [-0.4, -0.2) is 15.7 Å². The highest BCUT2D eigenvalue weighted by Crippen LogP contribution is 1.97. The Morgan fingerprint density at radius 3 is 2.60 bits per heavy atom. The number of hydrogen-bond donors (Lipinski definition) is 1. The number of rotatable bonds is 0. The Morgan fingerprint density at radius 2 is 2.40 bits per heavy atom. The molecular weight excluding hydrogens is 132 g/mol. The zero-order valence-corrected chi connectivity index (χ0v) is 5.90. The fourth-order valence-electron chi connectivity index (χ4n) is 0.772. The van der Waals surface area contributed by atoms with E-state index < -0.39 is 0 Å². The summed E-state index contributed by atoms with van der Waals surface area (Å²) < 4.78 is 2.68. The molecule has 0 saturated carbocycles. The highest BCUT2D eigenvalue weighted by atomic mass is 16.3. The fourth-order valence-corrected chi connectivity index (χ4v) is 0.772. The highest BCUT2D eigenvalue weighted by Gasteiger charge is 2.12. The van der Waals surface area contributed by atoms with Crippen LogP contribution in [-0.2, 0) is 7.05 Å². The maximum Gasteiger partial charge on any atom is 0.391 e. The van der Waals surface area contributed by atoms with Crippen LogP contribution in [0, 0.1) is 0 Å². The lowest BCUT2D eigenvalue weighted by molar-refractivity contribution is -0.746. The van der Waals surface area contributed by atoms with Crippen LogP contribution in [0.15, 0.2) is 12.3 Å². The molecule has 1 N–H and O–H groups in total. The summed E-state index contributed by atoms with van der Waals surface area (Å²) in [7, 11) is 1.61. The lowest BCUT2D eigenvalue weighted by atomic mass is 10.7. The molecule has 0 atom stereocenters. The van der Waals surface area contributed by atoms with Crippen molar-refractivity contribution in [2.75, 3.05) is 0 Å². The minimum absolute atomic E-state index is 0.0789. The molecule has 4 nitrogen and oxygen atoms in total. The van der Waals surface area contributed by atoms with Gasteiger partial charge in [0.15, 0.2) is 7.05 Å². The molecule has 0 aliphatic rings. The normalized spacial score (nSPS) is 9.80. The van der Waals surface area contributed by atoms with Gasteiger partial charge in [-0.05, 0) is 0 Å². The van der Waals surface area contributed by atoms with Gasteiger partial charge in [0.25, 0.3) is 5.91 Å². The first-order valence-electron chi connectivity index (χ1n) is 2.90. The van der Waals surface area contributed by atoms with Crippen molar-refractivity contribution in [3.05, 3.63) is 12.3 Å². The van der Waals surface area contributed by atoms with E-state index in [0.29, 0.717) is 0 Å². The number of aromatic hydroxyl groups is 1. The zero-order chi connectivity index (χ0) is 7.72. The Balaban J connectivity index is 3.17. The average Bonchev–Trinajstić information content (AvgIpc) is 2.14. The number of hydrogen-bond acceptors (Lipinski definition) is 2. The summed E-state index contributed by atoms with van der Waals surface area (Å²) in [6.07, 6.45) is 1.51. The zero-order valence-electron chi connectivity index (χ0n) is 5.90. The summed E-state index contributed by atoms with van der Waals surface area (Å²) in [6.45, 7) is 1.43. The fraction of sp³-hybridized carbons (Fsp3) is 0.333. The van der Waals surface area contributed by atoms with Gasteiger partial charge in [-0.1, -0.05) is 9.36 Å². The van der Waals surface area contributed by atoms with Crippen LogP contribution in [0.25, 0.3) is 0 Å². The van der Waals surface area contributed by atoms with Gasteiger partial charge in [-0.25, -0.2) is 0 Å². The second-order valence-corrected chi connectivity index (χ2v) is 2.06. The van der Waals surface area contributed by atoms with E-state index in [1.54, 1.807) is 7.05 Å². The van der Waals surface area contributed by atoms with Gasteiger partial charge in [-0.15, -0.1) is 0 Å². The molecule has 0 amide bonds. The third-order valence-electron chi connectivity index (χ3n) is 1.34. The molecule has 54 valence electrons. The Hall–Kier alpha value is -1.32. The van der Waals surface area contributed by atoms with E-state index >= 15 is 0 Å². The molecular formula is C6H9N2O2+. The molecule has 0 radical (unpaired) electrons. The first-order chi connectivity index (χ1) is 4.63. The van der Waals surface area contributed by atoms with E-state index in [9.17, 15) is 4.79 Å². The molecule has 0 bridgehead atoms. The van der Waals surface area contributed by atoms with Gasteiger partial charge in [0, 0.05) is 6.92 Å². The van der Waals surface area contributed by atoms with Gasteiger partial charge >= 0.3 is 5.88 Å². The summed E-state index contributed by atoms with van der Waals surface area (Å²) in [4.78, 5) is 10.7. The van der Waals surface area contributed by atoms with Gasteiger partial charge in [0.1, 0.15) is 0 Å². The topological polar surface area (TPSA) is 46.1 Å². The standard InChI is InChI=1S/C6H8N2O2/c1-5(9)8-4-3-6(10)7(8)2/h3-4H,1-2H3/p+1. The molecule has 4 heteroatoms. The molecule has 10 heavy (non-hydrogen) atoms. The number of carbonyl (C=O) groups excluding carboxylic acids is 1. The predicted molar refractivity (Wildman–Crippen MR) is 33.6 cm³/mol. The third-order valence-corrected chi connectivity index (χ3v) is 1.34. The summed E-state index contributed by atoms with van der Waals surface area (Å²) in [5.74, 6) is -0.0435. The molecule has 1 aromatic rings. The van der Waals surface area contributed by atoms with Crippen LogP contribution in [0.5, 0.6) is 5.88 Å².